The van der Waals surface area contributed by atoms with Crippen LogP contribution >= 0.6 is 0 Å². The maximum absolute atomic E-state index is 13.6. The number of benzene rings is 1. The van der Waals surface area contributed by atoms with Gasteiger partial charge in [0.1, 0.15) is 11.6 Å². The monoisotopic (exact) mass is 277 g/mol. The summed E-state index contributed by atoms with van der Waals surface area (Å²) in [6, 6.07) is 6.42. The first-order chi connectivity index (χ1) is 9.56. The lowest BCUT2D eigenvalue weighted by atomic mass is 9.97. The molecule has 1 heterocycles. The molecule has 0 fully saturated rings. The van der Waals surface area contributed by atoms with Gasteiger partial charge in [0.25, 0.3) is 0 Å². The normalized spacial score (nSPS) is 12.2. The van der Waals surface area contributed by atoms with Crippen LogP contribution in [0.15, 0.2) is 34.9 Å². The van der Waals surface area contributed by atoms with Gasteiger partial charge in [-0.15, -0.1) is 0 Å². The Balaban J connectivity index is 1.87. The quantitative estimate of drug-likeness (QED) is 0.786. The van der Waals surface area contributed by atoms with Crippen molar-refractivity contribution in [1.82, 2.24) is 4.98 Å². The molecule has 1 unspecified atom stereocenters. The molecular formula is C15H16FNO3. The van der Waals surface area contributed by atoms with E-state index in [0.29, 0.717) is 17.2 Å². The Morgan fingerprint density at radius 1 is 1.45 bits per heavy atom. The topological polar surface area (TPSA) is 52.3 Å². The fourth-order valence-corrected chi connectivity index (χ4v) is 1.90. The van der Waals surface area contributed by atoms with Crippen LogP contribution in [0.25, 0.3) is 0 Å². The predicted molar refractivity (Wildman–Crippen MR) is 70.5 cm³/mol. The van der Waals surface area contributed by atoms with E-state index in [4.69, 9.17) is 9.15 Å². The van der Waals surface area contributed by atoms with Crippen LogP contribution in [-0.4, -0.2) is 11.0 Å². The number of oxazole rings is 1. The molecule has 0 amide bonds. The Labute approximate surface area is 116 Å². The summed E-state index contributed by atoms with van der Waals surface area (Å²) in [4.78, 5) is 15.6. The number of halogens is 1. The van der Waals surface area contributed by atoms with Gasteiger partial charge in [-0.2, -0.15) is 0 Å². The average molecular weight is 277 g/mol. The predicted octanol–water partition coefficient (Wildman–Crippen LogP) is 3.36. The highest BCUT2D eigenvalue weighted by molar-refractivity contribution is 5.70. The maximum Gasteiger partial charge on any atom is 0.306 e. The first kappa shape index (κ1) is 14.2. The molecule has 20 heavy (non-hydrogen) atoms. The summed E-state index contributed by atoms with van der Waals surface area (Å²) >= 11 is 0. The second kappa shape index (κ2) is 6.32. The van der Waals surface area contributed by atoms with Gasteiger partial charge in [-0.25, -0.2) is 9.37 Å². The Morgan fingerprint density at radius 2 is 2.20 bits per heavy atom. The molecule has 2 aromatic rings. The highest BCUT2D eigenvalue weighted by atomic mass is 19.1. The third-order valence-corrected chi connectivity index (χ3v) is 2.93. The molecule has 0 aliphatic carbocycles. The number of esters is 1. The number of carbonyl (C=O) groups is 1. The third kappa shape index (κ3) is 3.66. The van der Waals surface area contributed by atoms with E-state index in [-0.39, 0.29) is 24.8 Å². The van der Waals surface area contributed by atoms with Crippen LogP contribution in [0.3, 0.4) is 0 Å². The summed E-state index contributed by atoms with van der Waals surface area (Å²) in [6.07, 6.45) is 1.67. The number of hydrogen-bond acceptors (Lipinski definition) is 4. The number of rotatable bonds is 5. The molecule has 0 aliphatic rings. The van der Waals surface area contributed by atoms with E-state index in [9.17, 15) is 9.18 Å². The maximum atomic E-state index is 13.6. The highest BCUT2D eigenvalue weighted by Gasteiger charge is 2.16. The summed E-state index contributed by atoms with van der Waals surface area (Å²) in [6.45, 7) is 3.55. The van der Waals surface area contributed by atoms with Gasteiger partial charge in [0, 0.05) is 0 Å². The fraction of sp³-hybridized carbons (Fsp3) is 0.333. The zero-order valence-electron chi connectivity index (χ0n) is 11.4. The minimum Gasteiger partial charge on any atom is -0.456 e. The third-order valence-electron chi connectivity index (χ3n) is 2.93. The number of carbonyl (C=O) groups excluding carboxylic acids is 1. The van der Waals surface area contributed by atoms with E-state index in [2.05, 4.69) is 4.98 Å². The molecule has 0 saturated carbocycles. The van der Waals surface area contributed by atoms with Gasteiger partial charge in [0.15, 0.2) is 6.61 Å². The van der Waals surface area contributed by atoms with Crippen molar-refractivity contribution in [3.8, 4) is 0 Å². The molecule has 1 aromatic carbocycles. The van der Waals surface area contributed by atoms with Crippen molar-refractivity contribution in [2.45, 2.75) is 32.8 Å². The molecule has 0 aliphatic heterocycles. The average Bonchev–Trinajstić information content (AvgIpc) is 2.82. The van der Waals surface area contributed by atoms with E-state index in [1.54, 1.807) is 38.2 Å². The van der Waals surface area contributed by atoms with Crippen molar-refractivity contribution in [2.75, 3.05) is 0 Å². The molecular weight excluding hydrogens is 261 g/mol. The Morgan fingerprint density at radius 3 is 2.85 bits per heavy atom. The van der Waals surface area contributed by atoms with Gasteiger partial charge < -0.3 is 9.15 Å². The van der Waals surface area contributed by atoms with E-state index in [1.807, 2.05) is 0 Å². The van der Waals surface area contributed by atoms with Crippen molar-refractivity contribution in [3.05, 3.63) is 53.5 Å². The molecule has 0 radical (unpaired) electrons. The van der Waals surface area contributed by atoms with Crippen LogP contribution in [0.5, 0.6) is 0 Å². The summed E-state index contributed by atoms with van der Waals surface area (Å²) in [7, 11) is 0. The van der Waals surface area contributed by atoms with E-state index in [0.717, 1.165) is 0 Å². The number of aromatic nitrogens is 1. The van der Waals surface area contributed by atoms with Crippen LogP contribution in [0.4, 0.5) is 4.39 Å². The molecule has 2 rings (SSSR count). The van der Waals surface area contributed by atoms with E-state index in [1.165, 1.54) is 6.07 Å². The molecule has 0 bridgehead atoms. The van der Waals surface area contributed by atoms with Gasteiger partial charge >= 0.3 is 5.97 Å². The Bertz CT molecular complexity index is 594. The van der Waals surface area contributed by atoms with E-state index < -0.39 is 5.97 Å². The summed E-state index contributed by atoms with van der Waals surface area (Å²) in [5.74, 6) is 0.0629. The lowest BCUT2D eigenvalue weighted by Gasteiger charge is -2.11. The SMILES string of the molecule is Cc1cnc(COC(=O)CC(C)c2ccccc2F)o1. The standard InChI is InChI=1S/C15H16FNO3/c1-10(12-5-3-4-6-13(12)16)7-15(18)19-9-14-17-8-11(2)20-14/h3-6,8,10H,7,9H2,1-2H3. The van der Waals surface area contributed by atoms with Crippen LogP contribution in [-0.2, 0) is 16.1 Å². The zero-order valence-corrected chi connectivity index (χ0v) is 11.4. The van der Waals surface area contributed by atoms with Gasteiger partial charge in [0.2, 0.25) is 5.89 Å². The molecule has 0 N–H and O–H groups in total. The molecule has 0 saturated heterocycles. The minimum atomic E-state index is -0.406. The minimum absolute atomic E-state index is 0.00331. The van der Waals surface area contributed by atoms with Crippen molar-refractivity contribution in [3.63, 3.8) is 0 Å². The van der Waals surface area contributed by atoms with E-state index >= 15 is 0 Å². The van der Waals surface area contributed by atoms with Gasteiger partial charge in [-0.05, 0) is 24.5 Å². The smallest absolute Gasteiger partial charge is 0.306 e. The summed E-state index contributed by atoms with van der Waals surface area (Å²) in [5, 5.41) is 0. The molecule has 0 spiro atoms. The number of nitrogens with zero attached hydrogens (tertiary/aromatic N) is 1. The second-order valence-electron chi connectivity index (χ2n) is 4.65. The Kier molecular flexibility index (Phi) is 4.50. The molecule has 4 nitrogen and oxygen atoms in total. The molecule has 106 valence electrons. The lowest BCUT2D eigenvalue weighted by Crippen LogP contribution is -2.09. The number of aryl methyl sites for hydroxylation is 1. The number of ether oxygens (including phenoxy) is 1. The largest absolute Gasteiger partial charge is 0.456 e. The van der Waals surface area contributed by atoms with Crippen LogP contribution < -0.4 is 0 Å². The molecule has 1 atom stereocenters. The highest BCUT2D eigenvalue weighted by Crippen LogP contribution is 2.22. The van der Waals surface area contributed by atoms with Gasteiger partial charge in [-0.3, -0.25) is 4.79 Å². The van der Waals surface area contributed by atoms with Crippen molar-refractivity contribution in [2.24, 2.45) is 0 Å². The van der Waals surface area contributed by atoms with Crippen molar-refractivity contribution >= 4 is 5.97 Å². The first-order valence-corrected chi connectivity index (χ1v) is 6.37. The van der Waals surface area contributed by atoms with Gasteiger partial charge in [-0.1, -0.05) is 25.1 Å². The zero-order chi connectivity index (χ0) is 14.5. The van der Waals surface area contributed by atoms with Gasteiger partial charge in [0.05, 0.1) is 12.6 Å². The molecule has 5 heteroatoms. The summed E-state index contributed by atoms with van der Waals surface area (Å²) in [5.41, 5.74) is 0.511. The first-order valence-electron chi connectivity index (χ1n) is 6.37. The Hall–Kier alpha value is -2.17. The van der Waals surface area contributed by atoms with Crippen LogP contribution in [0, 0.1) is 12.7 Å². The molecule has 1 aromatic heterocycles. The lowest BCUT2D eigenvalue weighted by molar-refractivity contribution is -0.146. The number of hydrogen-bond donors (Lipinski definition) is 0. The van der Waals surface area contributed by atoms with Crippen LogP contribution in [0.2, 0.25) is 0 Å². The summed E-state index contributed by atoms with van der Waals surface area (Å²) < 4.78 is 23.8. The van der Waals surface area contributed by atoms with Crippen molar-refractivity contribution in [1.29, 1.82) is 0 Å². The second-order valence-corrected chi connectivity index (χ2v) is 4.65. The van der Waals surface area contributed by atoms with Crippen molar-refractivity contribution < 1.29 is 18.3 Å². The fourth-order valence-electron chi connectivity index (χ4n) is 1.90. The van der Waals surface area contributed by atoms with Crippen LogP contribution in [0.1, 0.15) is 36.5 Å².